The first-order valence-electron chi connectivity index (χ1n) is 22.6. The van der Waals surface area contributed by atoms with Gasteiger partial charge in [-0.1, -0.05) is 143 Å². The van der Waals surface area contributed by atoms with Gasteiger partial charge in [0.1, 0.15) is 0 Å². The molecule has 3 aliphatic rings. The van der Waals surface area contributed by atoms with Crippen LogP contribution in [0.2, 0.25) is 0 Å². The Morgan fingerprint density at radius 3 is 1.43 bits per heavy atom. The molecule has 0 spiro atoms. The molecule has 0 radical (unpaired) electrons. The molecule has 0 aromatic heterocycles. The summed E-state index contributed by atoms with van der Waals surface area (Å²) in [6.07, 6.45) is 11.5. The maximum atomic E-state index is 2.50. The first-order valence-corrected chi connectivity index (χ1v) is 22.6. The molecular formula is C58H58N2. The van der Waals surface area contributed by atoms with E-state index in [1.54, 1.807) is 0 Å². The molecule has 300 valence electrons. The first-order chi connectivity index (χ1) is 29.4. The van der Waals surface area contributed by atoms with E-state index in [1.807, 2.05) is 0 Å². The number of hydrogen-bond donors (Lipinski definition) is 0. The van der Waals surface area contributed by atoms with E-state index in [-0.39, 0.29) is 10.8 Å². The molecule has 7 aromatic carbocycles. The van der Waals surface area contributed by atoms with Gasteiger partial charge in [0.25, 0.3) is 0 Å². The standard InChI is InChI=1S/C58H58N2/c1-42-37-39-58(40-38-42,45-25-31-50(32-26-45)59(47-17-9-5-10-18-47)48-19-11-6-12-20-48)46-27-33-51(34-28-46)60(49-29-23-44(24-30-49)43-15-7-4-8-16-43)52-35-36-54-53-21-13-14-22-55(53)57(2,3)56(54)41-52/h5-6,9-14,17-36,41-43H,4,7-8,15-16,37-40H2,1-3H3. The summed E-state index contributed by atoms with van der Waals surface area (Å²) in [4.78, 5) is 4.86. The number of benzene rings is 7. The molecule has 0 atom stereocenters. The van der Waals surface area contributed by atoms with Gasteiger partial charge in [-0.2, -0.15) is 0 Å². The van der Waals surface area contributed by atoms with Crippen molar-refractivity contribution in [3.05, 3.63) is 204 Å². The van der Waals surface area contributed by atoms with Gasteiger partial charge in [-0.3, -0.25) is 0 Å². The Bertz CT molecular complexity index is 2500. The van der Waals surface area contributed by atoms with E-state index in [4.69, 9.17) is 0 Å². The van der Waals surface area contributed by atoms with Crippen LogP contribution in [0.25, 0.3) is 11.1 Å². The van der Waals surface area contributed by atoms with Crippen LogP contribution < -0.4 is 9.80 Å². The summed E-state index contributed by atoms with van der Waals surface area (Å²) in [5.74, 6) is 1.42. The second-order valence-electron chi connectivity index (χ2n) is 18.5. The highest BCUT2D eigenvalue weighted by atomic mass is 15.1. The third-order valence-corrected chi connectivity index (χ3v) is 14.6. The van der Waals surface area contributed by atoms with E-state index < -0.39 is 0 Å². The lowest BCUT2D eigenvalue weighted by molar-refractivity contribution is 0.280. The number of fused-ring (bicyclic) bond motifs is 3. The molecule has 0 amide bonds. The van der Waals surface area contributed by atoms with Crippen molar-refractivity contribution >= 4 is 34.1 Å². The van der Waals surface area contributed by atoms with Gasteiger partial charge in [-0.05, 0) is 162 Å². The summed E-state index contributed by atoms with van der Waals surface area (Å²) in [6.45, 7) is 7.20. The van der Waals surface area contributed by atoms with Crippen molar-refractivity contribution in [1.29, 1.82) is 0 Å². The van der Waals surface area contributed by atoms with E-state index in [2.05, 4.69) is 206 Å². The summed E-state index contributed by atoms with van der Waals surface area (Å²) in [5, 5.41) is 0. The van der Waals surface area contributed by atoms with Crippen molar-refractivity contribution in [1.82, 2.24) is 0 Å². The molecule has 2 nitrogen and oxygen atoms in total. The first kappa shape index (κ1) is 38.3. The summed E-state index contributed by atoms with van der Waals surface area (Å²) in [5.41, 5.74) is 16.9. The number of rotatable bonds is 9. The van der Waals surface area contributed by atoms with Crippen LogP contribution in [0.15, 0.2) is 176 Å². The van der Waals surface area contributed by atoms with Crippen molar-refractivity contribution in [3.63, 3.8) is 0 Å². The fraction of sp³-hybridized carbons (Fsp3) is 0.276. The van der Waals surface area contributed by atoms with Gasteiger partial charge in [0, 0.05) is 45.0 Å². The lowest BCUT2D eigenvalue weighted by Gasteiger charge is -2.41. The van der Waals surface area contributed by atoms with Gasteiger partial charge >= 0.3 is 0 Å². The van der Waals surface area contributed by atoms with Crippen LogP contribution >= 0.6 is 0 Å². The van der Waals surface area contributed by atoms with Crippen molar-refractivity contribution in [2.75, 3.05) is 9.80 Å². The van der Waals surface area contributed by atoms with Crippen LogP contribution in [-0.4, -0.2) is 0 Å². The van der Waals surface area contributed by atoms with E-state index >= 15 is 0 Å². The molecule has 2 fully saturated rings. The van der Waals surface area contributed by atoms with Crippen molar-refractivity contribution in [2.45, 2.75) is 95.3 Å². The average molecular weight is 783 g/mol. The molecule has 0 aliphatic heterocycles. The maximum absolute atomic E-state index is 2.50. The van der Waals surface area contributed by atoms with Crippen molar-refractivity contribution < 1.29 is 0 Å². The molecule has 0 heterocycles. The fourth-order valence-electron chi connectivity index (χ4n) is 11.1. The Hall–Kier alpha value is -5.86. The van der Waals surface area contributed by atoms with Gasteiger partial charge in [0.05, 0.1) is 0 Å². The molecule has 0 bridgehead atoms. The Morgan fingerprint density at radius 2 is 0.867 bits per heavy atom. The van der Waals surface area contributed by atoms with E-state index in [0.717, 1.165) is 30.1 Å². The molecule has 3 aliphatic carbocycles. The normalized spacial score (nSPS) is 19.6. The highest BCUT2D eigenvalue weighted by Gasteiger charge is 2.39. The van der Waals surface area contributed by atoms with Crippen molar-refractivity contribution in [2.24, 2.45) is 5.92 Å². The van der Waals surface area contributed by atoms with Gasteiger partial charge in [-0.15, -0.1) is 0 Å². The number of anilines is 6. The minimum atomic E-state index is -0.0679. The summed E-state index contributed by atoms with van der Waals surface area (Å²) >= 11 is 0. The Labute approximate surface area is 358 Å². The molecule has 60 heavy (non-hydrogen) atoms. The largest absolute Gasteiger partial charge is 0.311 e. The van der Waals surface area contributed by atoms with Crippen LogP contribution in [0, 0.1) is 5.92 Å². The third kappa shape index (κ3) is 6.94. The number of hydrogen-bond acceptors (Lipinski definition) is 2. The monoisotopic (exact) mass is 782 g/mol. The van der Waals surface area contributed by atoms with Gasteiger partial charge < -0.3 is 9.80 Å². The zero-order valence-electron chi connectivity index (χ0n) is 35.7. The van der Waals surface area contributed by atoms with Crippen LogP contribution in [0.1, 0.15) is 112 Å². The molecule has 10 rings (SSSR count). The average Bonchev–Trinajstić information content (AvgIpc) is 3.54. The molecule has 2 heteroatoms. The second-order valence-corrected chi connectivity index (χ2v) is 18.5. The molecule has 7 aromatic rings. The molecule has 0 saturated heterocycles. The van der Waals surface area contributed by atoms with E-state index in [1.165, 1.54) is 107 Å². The number of nitrogens with zero attached hydrogens (tertiary/aromatic N) is 2. The van der Waals surface area contributed by atoms with Crippen LogP contribution in [-0.2, 0) is 10.8 Å². The van der Waals surface area contributed by atoms with Crippen LogP contribution in [0.4, 0.5) is 34.1 Å². The third-order valence-electron chi connectivity index (χ3n) is 14.6. The SMILES string of the molecule is CC1CCC(c2ccc(N(c3ccccc3)c3ccccc3)cc2)(c2ccc(N(c3ccc(C4CCCCC4)cc3)c3ccc4c(c3)C(C)(C)c3ccccc3-4)cc2)CC1. The lowest BCUT2D eigenvalue weighted by Crippen LogP contribution is -2.32. The van der Waals surface area contributed by atoms with Crippen LogP contribution in [0.5, 0.6) is 0 Å². The van der Waals surface area contributed by atoms with E-state index in [9.17, 15) is 0 Å². The molecule has 0 N–H and O–H groups in total. The fourth-order valence-corrected chi connectivity index (χ4v) is 11.1. The Balaban J connectivity index is 1.03. The van der Waals surface area contributed by atoms with Crippen LogP contribution in [0.3, 0.4) is 0 Å². The zero-order chi connectivity index (χ0) is 40.7. The highest BCUT2D eigenvalue weighted by Crippen LogP contribution is 2.52. The minimum absolute atomic E-state index is 0.0380. The Kier molecular flexibility index (Phi) is 10.2. The Morgan fingerprint density at radius 1 is 0.417 bits per heavy atom. The van der Waals surface area contributed by atoms with E-state index in [0.29, 0.717) is 5.92 Å². The predicted octanol–water partition coefficient (Wildman–Crippen LogP) is 16.5. The zero-order valence-corrected chi connectivity index (χ0v) is 35.7. The summed E-state index contributed by atoms with van der Waals surface area (Å²) < 4.78 is 0. The van der Waals surface area contributed by atoms with Crippen molar-refractivity contribution in [3.8, 4) is 11.1 Å². The van der Waals surface area contributed by atoms with Gasteiger partial charge in [0.15, 0.2) is 0 Å². The highest BCUT2D eigenvalue weighted by molar-refractivity contribution is 5.85. The van der Waals surface area contributed by atoms with Gasteiger partial charge in [0.2, 0.25) is 0 Å². The second kappa shape index (κ2) is 16.0. The summed E-state index contributed by atoms with van der Waals surface area (Å²) in [7, 11) is 0. The maximum Gasteiger partial charge on any atom is 0.0465 e. The number of para-hydroxylation sites is 2. The quantitative estimate of drug-likeness (QED) is 0.144. The molecule has 2 saturated carbocycles. The van der Waals surface area contributed by atoms with Gasteiger partial charge in [-0.25, -0.2) is 0 Å². The molecule has 0 unspecified atom stereocenters. The summed E-state index contributed by atoms with van der Waals surface area (Å²) in [6, 6.07) is 66.5. The predicted molar refractivity (Wildman–Crippen MR) is 254 cm³/mol. The lowest BCUT2D eigenvalue weighted by atomic mass is 9.63. The minimum Gasteiger partial charge on any atom is -0.311 e. The smallest absolute Gasteiger partial charge is 0.0465 e. The topological polar surface area (TPSA) is 6.48 Å². The molecular weight excluding hydrogens is 725 g/mol.